The third-order valence-electron chi connectivity index (χ3n) is 3.35. The van der Waals surface area contributed by atoms with Crippen LogP contribution in [0.5, 0.6) is 0 Å². The van der Waals surface area contributed by atoms with Gasteiger partial charge in [0.1, 0.15) is 0 Å². The van der Waals surface area contributed by atoms with Crippen LogP contribution < -0.4 is 0 Å². The molecule has 0 atom stereocenters. The van der Waals surface area contributed by atoms with Crippen LogP contribution in [0.3, 0.4) is 0 Å². The lowest BCUT2D eigenvalue weighted by atomic mass is 10.1. The minimum atomic E-state index is -6.12. The molecule has 0 amide bonds. The molecule has 0 spiro atoms. The maximum atomic E-state index is 13.7. The van der Waals surface area contributed by atoms with Gasteiger partial charge in [0.2, 0.25) is 11.6 Å². The topological polar surface area (TPSA) is 73.8 Å². The van der Waals surface area contributed by atoms with E-state index in [2.05, 4.69) is 21.7 Å². The van der Waals surface area contributed by atoms with Crippen molar-refractivity contribution in [3.8, 4) is 0 Å². The van der Waals surface area contributed by atoms with Gasteiger partial charge in [-0.2, -0.15) is 30.7 Å². The van der Waals surface area contributed by atoms with Crippen molar-refractivity contribution in [3.05, 3.63) is 51.1 Å². The van der Waals surface area contributed by atoms with Crippen molar-refractivity contribution in [2.45, 2.75) is 30.9 Å². The number of aryl methyl sites for hydroxylation is 1. The molecule has 2 aromatic rings. The highest BCUT2D eigenvalue weighted by atomic mass is 35.5. The Morgan fingerprint density at radius 2 is 1.78 bits per heavy atom. The first kappa shape index (κ1) is 20.9. The smallest absolute Gasteiger partial charge is 0.258 e. The number of alkyl halides is 8. The summed E-state index contributed by atoms with van der Waals surface area (Å²) >= 11 is 4.62. The van der Waals surface area contributed by atoms with Gasteiger partial charge in [-0.25, -0.2) is 9.67 Å². The van der Waals surface area contributed by atoms with E-state index in [0.717, 1.165) is 18.2 Å². The highest BCUT2D eigenvalue weighted by Gasteiger charge is 2.62. The summed E-state index contributed by atoms with van der Waals surface area (Å²) in [4.78, 5) is 12.6. The maximum absolute atomic E-state index is 13.7. The summed E-state index contributed by atoms with van der Waals surface area (Å²) in [6.07, 6.45) is -6.12. The van der Waals surface area contributed by atoms with E-state index in [9.17, 15) is 40.8 Å². The van der Waals surface area contributed by atoms with Gasteiger partial charge in [0.25, 0.3) is 5.69 Å². The van der Waals surface area contributed by atoms with Crippen LogP contribution in [0.25, 0.3) is 0 Å². The van der Waals surface area contributed by atoms with Crippen LogP contribution in [0.15, 0.2) is 18.2 Å². The number of hydrogen-bond donors (Lipinski definition) is 0. The quantitative estimate of drug-likeness (QED) is 0.309. The van der Waals surface area contributed by atoms with Gasteiger partial charge in [-0.3, -0.25) is 10.1 Å². The first-order chi connectivity index (χ1) is 12.1. The fourth-order valence-electron chi connectivity index (χ4n) is 2.13. The lowest BCUT2D eigenvalue weighted by Crippen LogP contribution is -2.36. The first-order valence-electron chi connectivity index (χ1n) is 6.85. The Bertz CT molecular complexity index is 877. The summed E-state index contributed by atoms with van der Waals surface area (Å²) in [7, 11) is 0. The minimum absolute atomic E-state index is 0.00772. The van der Waals surface area contributed by atoms with E-state index in [4.69, 9.17) is 0 Å². The Hall–Kier alpha value is -2.44. The monoisotopic (exact) mass is 420 g/mol. The second-order valence-corrected chi connectivity index (χ2v) is 5.84. The molecule has 0 aliphatic rings. The van der Waals surface area contributed by atoms with Gasteiger partial charge in [0.05, 0.1) is 11.5 Å². The Kier molecular flexibility index (Phi) is 5.12. The predicted molar refractivity (Wildman–Crippen MR) is 76.7 cm³/mol. The van der Waals surface area contributed by atoms with Gasteiger partial charge in [-0.1, -0.05) is 6.07 Å². The number of aromatic nitrogens is 3. The molecule has 1 aromatic carbocycles. The van der Waals surface area contributed by atoms with Crippen molar-refractivity contribution in [1.82, 2.24) is 14.8 Å². The molecule has 0 bridgehead atoms. The fourth-order valence-corrected chi connectivity index (χ4v) is 2.21. The fraction of sp³-hybridized carbons (Fsp3) is 0.385. The SMILES string of the molecule is Cc1cc(Cn2nc(C(F)(F)Cl)nc2C(F)(F)C(F)(F)F)ccc1[N+](=O)[O-]. The Morgan fingerprint density at radius 1 is 1.19 bits per heavy atom. The third kappa shape index (κ3) is 4.12. The Morgan fingerprint density at radius 3 is 2.22 bits per heavy atom. The molecular weight excluding hydrogens is 413 g/mol. The Balaban J connectivity index is 2.54. The van der Waals surface area contributed by atoms with E-state index in [1.54, 1.807) is 0 Å². The zero-order valence-electron chi connectivity index (χ0n) is 13.1. The number of rotatable bonds is 5. The van der Waals surface area contributed by atoms with E-state index in [1.165, 1.54) is 6.92 Å². The minimum Gasteiger partial charge on any atom is -0.258 e. The van der Waals surface area contributed by atoms with E-state index < -0.39 is 40.6 Å². The molecule has 0 unspecified atom stereocenters. The normalized spacial score (nSPS) is 13.1. The molecule has 27 heavy (non-hydrogen) atoms. The summed E-state index contributed by atoms with van der Waals surface area (Å²) in [5, 5.41) is 9.33. The number of nitro benzene ring substituents is 1. The molecule has 0 saturated heterocycles. The van der Waals surface area contributed by atoms with Crippen LogP contribution in [0, 0.1) is 17.0 Å². The molecule has 148 valence electrons. The molecule has 0 N–H and O–H groups in total. The average molecular weight is 421 g/mol. The lowest BCUT2D eigenvalue weighted by Gasteiger charge is -2.19. The van der Waals surface area contributed by atoms with Crippen molar-refractivity contribution in [3.63, 3.8) is 0 Å². The van der Waals surface area contributed by atoms with Gasteiger partial charge in [-0.15, -0.1) is 5.10 Å². The van der Waals surface area contributed by atoms with Crippen molar-refractivity contribution >= 4 is 17.3 Å². The predicted octanol–water partition coefficient (Wildman–Crippen LogP) is 4.49. The standard InChI is InChI=1S/C13H8ClF7N4O2/c1-6-4-7(2-3-8(6)25(26)27)5-24-10(11(15,16)13(19,20)21)22-9(23-24)12(14,17)18/h2-4H,5H2,1H3. The third-order valence-corrected chi connectivity index (χ3v) is 3.52. The van der Waals surface area contributed by atoms with Gasteiger partial charge in [0, 0.05) is 11.6 Å². The molecule has 2 rings (SSSR count). The molecule has 0 saturated carbocycles. The van der Waals surface area contributed by atoms with Crippen LogP contribution >= 0.6 is 11.6 Å². The summed E-state index contributed by atoms with van der Waals surface area (Å²) in [6, 6.07) is 3.16. The largest absolute Gasteiger partial charge is 0.461 e. The lowest BCUT2D eigenvalue weighted by molar-refractivity contribution is -0.385. The number of nitrogens with zero attached hydrogens (tertiary/aromatic N) is 4. The van der Waals surface area contributed by atoms with E-state index in [0.29, 0.717) is 0 Å². The molecule has 0 radical (unpaired) electrons. The van der Waals surface area contributed by atoms with Crippen molar-refractivity contribution in [2.24, 2.45) is 0 Å². The van der Waals surface area contributed by atoms with E-state index in [-0.39, 0.29) is 21.5 Å². The van der Waals surface area contributed by atoms with Gasteiger partial charge in [0.15, 0.2) is 0 Å². The van der Waals surface area contributed by atoms with Crippen molar-refractivity contribution in [2.75, 3.05) is 0 Å². The molecule has 0 fully saturated rings. The molecule has 1 heterocycles. The van der Waals surface area contributed by atoms with Crippen LogP contribution in [0.2, 0.25) is 0 Å². The first-order valence-corrected chi connectivity index (χ1v) is 7.23. The van der Waals surface area contributed by atoms with Crippen molar-refractivity contribution < 1.29 is 35.7 Å². The van der Waals surface area contributed by atoms with E-state index >= 15 is 0 Å². The van der Waals surface area contributed by atoms with Crippen LogP contribution in [0.1, 0.15) is 22.8 Å². The van der Waals surface area contributed by atoms with E-state index in [1.807, 2.05) is 0 Å². The van der Waals surface area contributed by atoms with Gasteiger partial charge in [-0.05, 0) is 30.2 Å². The molecule has 0 aliphatic heterocycles. The summed E-state index contributed by atoms with van der Waals surface area (Å²) < 4.78 is 91.3. The molecule has 14 heteroatoms. The molecule has 6 nitrogen and oxygen atoms in total. The average Bonchev–Trinajstić information content (AvgIpc) is 2.90. The molecule has 1 aromatic heterocycles. The van der Waals surface area contributed by atoms with Crippen LogP contribution in [0.4, 0.5) is 36.4 Å². The summed E-state index contributed by atoms with van der Waals surface area (Å²) in [5.74, 6) is -9.40. The maximum Gasteiger partial charge on any atom is 0.461 e. The van der Waals surface area contributed by atoms with Gasteiger partial charge < -0.3 is 0 Å². The zero-order valence-corrected chi connectivity index (χ0v) is 13.8. The second kappa shape index (κ2) is 6.62. The molecule has 0 aliphatic carbocycles. The highest BCUT2D eigenvalue weighted by Crippen LogP contribution is 2.44. The number of benzene rings is 1. The summed E-state index contributed by atoms with van der Waals surface area (Å²) in [6.45, 7) is 0.465. The Labute approximate surface area is 150 Å². The van der Waals surface area contributed by atoms with Crippen molar-refractivity contribution in [1.29, 1.82) is 0 Å². The number of halogens is 8. The molecular formula is C13H8ClF7N4O2. The van der Waals surface area contributed by atoms with Crippen LogP contribution in [-0.4, -0.2) is 25.9 Å². The highest BCUT2D eigenvalue weighted by molar-refractivity contribution is 6.21. The number of nitro groups is 1. The number of hydrogen-bond acceptors (Lipinski definition) is 4. The zero-order chi connectivity index (χ0) is 20.8. The second-order valence-electron chi connectivity index (χ2n) is 5.36. The van der Waals surface area contributed by atoms with Crippen LogP contribution in [-0.2, 0) is 17.8 Å². The summed E-state index contributed by atoms with van der Waals surface area (Å²) in [5.41, 5.74) is -0.262. The van der Waals surface area contributed by atoms with Gasteiger partial charge >= 0.3 is 17.5 Å².